The molecule has 1 saturated heterocycles. The minimum Gasteiger partial charge on any atom is -0.403 e. The molecule has 4 N–H and O–H groups in total. The summed E-state index contributed by atoms with van der Waals surface area (Å²) in [5, 5.41) is 5.58. The van der Waals surface area contributed by atoms with E-state index in [0.717, 1.165) is 37.6 Å². The van der Waals surface area contributed by atoms with Crippen molar-refractivity contribution in [2.45, 2.75) is 38.8 Å². The van der Waals surface area contributed by atoms with Gasteiger partial charge in [0.05, 0.1) is 30.0 Å². The summed E-state index contributed by atoms with van der Waals surface area (Å²) < 4.78 is 47.0. The number of anilines is 2. The van der Waals surface area contributed by atoms with Crippen molar-refractivity contribution in [1.82, 2.24) is 14.9 Å². The van der Waals surface area contributed by atoms with Crippen LogP contribution in [0.5, 0.6) is 0 Å². The quantitative estimate of drug-likeness (QED) is 0.140. The Morgan fingerprint density at radius 2 is 1.87 bits per heavy atom. The highest BCUT2D eigenvalue weighted by Crippen LogP contribution is 2.35. The molecule has 2 aromatic carbocycles. The number of ether oxygens (including phenoxy) is 1. The van der Waals surface area contributed by atoms with Crippen molar-refractivity contribution in [2.75, 3.05) is 51.0 Å². The number of methoxy groups -OCH3 is 1. The molecule has 0 spiro atoms. The number of likely N-dealkylation sites (tertiary alicyclic amines) is 1. The second-order valence-electron chi connectivity index (χ2n) is 11.5. The van der Waals surface area contributed by atoms with Crippen LogP contribution in [0.1, 0.15) is 57.4 Å². The number of allylic oxidation sites excluding steroid dienone is 1. The minimum atomic E-state index is -4.53. The molecule has 248 valence electrons. The lowest BCUT2D eigenvalue weighted by Gasteiger charge is -2.29. The van der Waals surface area contributed by atoms with Gasteiger partial charge in [0.1, 0.15) is 0 Å². The number of carbonyl (C=O) groups excluding carboxylic acids is 1. The molecule has 0 bridgehead atoms. The summed E-state index contributed by atoms with van der Waals surface area (Å²) in [6, 6.07) is 9.00. The third-order valence-corrected chi connectivity index (χ3v) is 7.92. The zero-order valence-electron chi connectivity index (χ0n) is 26.8. The summed E-state index contributed by atoms with van der Waals surface area (Å²) in [6.07, 6.45) is 4.50. The number of alkyl halides is 3. The first-order valence-corrected chi connectivity index (χ1v) is 15.4. The Bertz CT molecular complexity index is 1640. The molecule has 3 aromatic rings. The normalized spacial score (nSPS) is 14.6. The third-order valence-electron chi connectivity index (χ3n) is 7.92. The molecule has 0 saturated carbocycles. The summed E-state index contributed by atoms with van der Waals surface area (Å²) >= 11 is 0. The first-order valence-electron chi connectivity index (χ1n) is 15.4. The van der Waals surface area contributed by atoms with Gasteiger partial charge in [0.25, 0.3) is 5.91 Å². The molecule has 9 nitrogen and oxygen atoms in total. The van der Waals surface area contributed by atoms with Gasteiger partial charge in [-0.2, -0.15) is 13.2 Å². The first kappa shape index (κ1) is 35.1. The van der Waals surface area contributed by atoms with Crippen molar-refractivity contribution in [3.63, 3.8) is 0 Å². The SMILES string of the molecule is COCCN=CC(=CN)Nc1ncc(C#Cc2cc(C(=O)Nc3ccc(CCC4CCN(C)CC4)c(C(F)(F)F)c3)ccc2C)cn1. The maximum Gasteiger partial charge on any atom is 0.416 e. The number of amides is 1. The van der Waals surface area contributed by atoms with Crippen LogP contribution in [0.15, 0.2) is 65.7 Å². The minimum absolute atomic E-state index is 0.0818. The summed E-state index contributed by atoms with van der Waals surface area (Å²) in [5.41, 5.74) is 7.98. The lowest BCUT2D eigenvalue weighted by molar-refractivity contribution is -0.138. The van der Waals surface area contributed by atoms with Crippen LogP contribution in [-0.2, 0) is 17.3 Å². The van der Waals surface area contributed by atoms with Crippen molar-refractivity contribution in [1.29, 1.82) is 0 Å². The number of halogens is 3. The summed E-state index contributed by atoms with van der Waals surface area (Å²) in [7, 11) is 3.66. The molecule has 1 aromatic heterocycles. The van der Waals surface area contributed by atoms with Gasteiger partial charge in [-0.25, -0.2) is 9.97 Å². The Morgan fingerprint density at radius 1 is 1.13 bits per heavy atom. The molecular weight excluding hydrogens is 607 g/mol. The summed E-state index contributed by atoms with van der Waals surface area (Å²) in [5.74, 6) is 6.21. The maximum atomic E-state index is 14.0. The van der Waals surface area contributed by atoms with Gasteiger partial charge in [-0.1, -0.05) is 24.0 Å². The smallest absolute Gasteiger partial charge is 0.403 e. The van der Waals surface area contributed by atoms with Crippen LogP contribution in [-0.4, -0.2) is 67.4 Å². The van der Waals surface area contributed by atoms with Gasteiger partial charge in [0.2, 0.25) is 5.95 Å². The van der Waals surface area contributed by atoms with Crippen LogP contribution in [0.2, 0.25) is 0 Å². The van der Waals surface area contributed by atoms with Gasteiger partial charge in [0.15, 0.2) is 0 Å². The van der Waals surface area contributed by atoms with Crippen molar-refractivity contribution in [2.24, 2.45) is 16.6 Å². The number of nitrogens with one attached hydrogen (secondary N) is 2. The highest BCUT2D eigenvalue weighted by atomic mass is 19.4. The van der Waals surface area contributed by atoms with E-state index < -0.39 is 17.6 Å². The summed E-state index contributed by atoms with van der Waals surface area (Å²) in [6.45, 7) is 4.76. The maximum absolute atomic E-state index is 14.0. The number of nitrogens with two attached hydrogens (primary N) is 1. The van der Waals surface area contributed by atoms with E-state index in [2.05, 4.69) is 49.4 Å². The Balaban J connectivity index is 1.42. The topological polar surface area (TPSA) is 118 Å². The van der Waals surface area contributed by atoms with Gasteiger partial charge in [-0.3, -0.25) is 9.79 Å². The molecule has 12 heteroatoms. The Morgan fingerprint density at radius 3 is 2.55 bits per heavy atom. The first-order chi connectivity index (χ1) is 22.5. The van der Waals surface area contributed by atoms with E-state index in [-0.39, 0.29) is 16.8 Å². The number of aryl methyl sites for hydroxylation is 2. The molecule has 0 aliphatic carbocycles. The van der Waals surface area contributed by atoms with Crippen LogP contribution in [0.25, 0.3) is 0 Å². The van der Waals surface area contributed by atoms with Gasteiger partial charge < -0.3 is 26.0 Å². The lowest BCUT2D eigenvalue weighted by Crippen LogP contribution is -2.30. The predicted molar refractivity (Wildman–Crippen MR) is 178 cm³/mol. The largest absolute Gasteiger partial charge is 0.416 e. The van der Waals surface area contributed by atoms with E-state index in [1.807, 2.05) is 6.92 Å². The molecule has 1 amide bonds. The third kappa shape index (κ3) is 10.7. The standard InChI is InChI=1S/C35H40F3N7O2/c1-24-4-7-29(18-28(24)9-6-26-21-41-34(42-22-26)44-31(20-39)23-40-14-17-47-3)33(46)43-30-11-10-27(32(19-30)35(36,37)38)8-5-25-12-15-45(2)16-13-25/h4,7,10-11,18-23,25H,5,8,12-17,39H2,1-3H3,(H,43,46)(H,41,42,44). The number of hydrogen-bond acceptors (Lipinski definition) is 8. The van der Waals surface area contributed by atoms with Crippen LogP contribution in [0.4, 0.5) is 24.8 Å². The van der Waals surface area contributed by atoms with Gasteiger partial charge in [-0.05, 0) is 94.1 Å². The van der Waals surface area contributed by atoms with Crippen LogP contribution < -0.4 is 16.4 Å². The highest BCUT2D eigenvalue weighted by Gasteiger charge is 2.34. The zero-order chi connectivity index (χ0) is 33.8. The van der Waals surface area contributed by atoms with E-state index in [4.69, 9.17) is 10.5 Å². The van der Waals surface area contributed by atoms with Gasteiger partial charge in [-0.15, -0.1) is 0 Å². The van der Waals surface area contributed by atoms with E-state index >= 15 is 0 Å². The number of aromatic nitrogens is 2. The van der Waals surface area contributed by atoms with Crippen LogP contribution >= 0.6 is 0 Å². The molecule has 47 heavy (non-hydrogen) atoms. The fourth-order valence-electron chi connectivity index (χ4n) is 5.10. The molecule has 0 atom stereocenters. The molecule has 1 fully saturated rings. The highest BCUT2D eigenvalue weighted by molar-refractivity contribution is 6.04. The van der Waals surface area contributed by atoms with Crippen molar-refractivity contribution in [3.05, 3.63) is 94.1 Å². The average Bonchev–Trinajstić information content (AvgIpc) is 3.06. The monoisotopic (exact) mass is 647 g/mol. The van der Waals surface area contributed by atoms with E-state index in [1.165, 1.54) is 18.3 Å². The summed E-state index contributed by atoms with van der Waals surface area (Å²) in [4.78, 5) is 28.0. The Hall–Kier alpha value is -4.73. The molecule has 1 aliphatic heterocycles. The van der Waals surface area contributed by atoms with E-state index in [9.17, 15) is 18.0 Å². The van der Waals surface area contributed by atoms with Gasteiger partial charge in [0, 0.05) is 48.7 Å². The predicted octanol–water partition coefficient (Wildman–Crippen LogP) is 5.66. The molecule has 0 unspecified atom stereocenters. The Labute approximate surface area is 273 Å². The molecular formula is C35H40F3N7O2. The second-order valence-corrected chi connectivity index (χ2v) is 11.5. The second kappa shape index (κ2) is 16.7. The molecule has 1 aliphatic rings. The van der Waals surface area contributed by atoms with Crippen LogP contribution in [0.3, 0.4) is 0 Å². The number of hydrogen-bond donors (Lipinski definition) is 3. The molecule has 2 heterocycles. The number of nitrogens with zero attached hydrogens (tertiary/aromatic N) is 4. The fourth-order valence-corrected chi connectivity index (χ4v) is 5.10. The average molecular weight is 648 g/mol. The molecule has 4 rings (SSSR count). The van der Waals surface area contributed by atoms with Crippen molar-refractivity contribution < 1.29 is 22.7 Å². The number of carbonyl (C=O) groups is 1. The number of piperidine rings is 1. The van der Waals surface area contributed by atoms with Crippen LogP contribution in [0, 0.1) is 24.7 Å². The number of rotatable bonds is 11. The molecule has 0 radical (unpaired) electrons. The lowest BCUT2D eigenvalue weighted by atomic mass is 9.89. The van der Waals surface area contributed by atoms with Crippen molar-refractivity contribution >= 4 is 23.8 Å². The van der Waals surface area contributed by atoms with Crippen molar-refractivity contribution in [3.8, 4) is 11.8 Å². The zero-order valence-corrected chi connectivity index (χ0v) is 26.8. The Kier molecular flexibility index (Phi) is 12.5. The number of benzene rings is 2. The number of aliphatic imine (C=N–C) groups is 1. The van der Waals surface area contributed by atoms with Gasteiger partial charge >= 0.3 is 6.18 Å². The van der Waals surface area contributed by atoms with E-state index in [0.29, 0.717) is 54.7 Å². The van der Waals surface area contributed by atoms with E-state index in [1.54, 1.807) is 43.9 Å². The fraction of sp³-hybridized carbons (Fsp3) is 0.371.